The number of nitrogens with one attached hydrogen (secondary N) is 1. The number of aromatic amines is 1. The van der Waals surface area contributed by atoms with E-state index in [1.54, 1.807) is 7.05 Å². The van der Waals surface area contributed by atoms with Gasteiger partial charge >= 0.3 is 6.09 Å². The summed E-state index contributed by atoms with van der Waals surface area (Å²) < 4.78 is 12.9. The van der Waals surface area contributed by atoms with Gasteiger partial charge in [0.2, 0.25) is 0 Å². The third kappa shape index (κ3) is 4.93. The largest absolute Gasteiger partial charge is 0.488 e. The van der Waals surface area contributed by atoms with Gasteiger partial charge in [-0.05, 0) is 45.2 Å². The standard InChI is InChI=1S/C20H27N3O4/c1-20(2,3)27-19(25)22(4)12-15-11-18(24)23(21-15)13-16-10-9-14-7-5-6-8-17(14)26-16/h5-8,11,16,21H,9-10,12-13H2,1-4H3. The SMILES string of the molecule is CN(Cc1cc(=O)n(CC2CCc3ccccc3O2)[nH]1)C(=O)OC(C)(C)C. The van der Waals surface area contributed by atoms with Crippen molar-refractivity contribution in [3.05, 3.63) is 51.9 Å². The summed E-state index contributed by atoms with van der Waals surface area (Å²) in [5.41, 5.74) is 1.17. The average Bonchev–Trinajstić information content (AvgIpc) is 2.92. The number of rotatable bonds is 4. The third-order valence-corrected chi connectivity index (χ3v) is 4.34. The number of hydrogen-bond acceptors (Lipinski definition) is 4. The molecule has 7 heteroatoms. The van der Waals surface area contributed by atoms with E-state index >= 15 is 0 Å². The molecule has 7 nitrogen and oxygen atoms in total. The molecule has 1 aliphatic heterocycles. The maximum Gasteiger partial charge on any atom is 0.410 e. The van der Waals surface area contributed by atoms with Gasteiger partial charge in [-0.1, -0.05) is 18.2 Å². The van der Waals surface area contributed by atoms with Crippen molar-refractivity contribution in [1.82, 2.24) is 14.7 Å². The highest BCUT2D eigenvalue weighted by Gasteiger charge is 2.22. The monoisotopic (exact) mass is 373 g/mol. The van der Waals surface area contributed by atoms with Crippen LogP contribution in [0.5, 0.6) is 5.75 Å². The van der Waals surface area contributed by atoms with Gasteiger partial charge in [0.25, 0.3) is 5.56 Å². The van der Waals surface area contributed by atoms with Crippen molar-refractivity contribution in [2.75, 3.05) is 7.05 Å². The third-order valence-electron chi connectivity index (χ3n) is 4.34. The number of carbonyl (C=O) groups excluding carboxylic acids is 1. The lowest BCUT2D eigenvalue weighted by Gasteiger charge is -2.26. The van der Waals surface area contributed by atoms with E-state index < -0.39 is 11.7 Å². The maximum atomic E-state index is 12.3. The minimum atomic E-state index is -0.556. The van der Waals surface area contributed by atoms with E-state index in [9.17, 15) is 9.59 Å². The van der Waals surface area contributed by atoms with E-state index in [-0.39, 0.29) is 18.2 Å². The van der Waals surface area contributed by atoms with Crippen LogP contribution in [0.2, 0.25) is 0 Å². The fourth-order valence-electron chi connectivity index (χ4n) is 3.08. The molecule has 0 fully saturated rings. The second-order valence-electron chi connectivity index (χ2n) is 7.95. The molecule has 0 spiro atoms. The van der Waals surface area contributed by atoms with Crippen LogP contribution in [-0.4, -0.2) is 39.5 Å². The molecule has 0 saturated heterocycles. The van der Waals surface area contributed by atoms with Crippen molar-refractivity contribution < 1.29 is 14.3 Å². The van der Waals surface area contributed by atoms with Crippen LogP contribution in [0.3, 0.4) is 0 Å². The number of hydrogen-bond donors (Lipinski definition) is 1. The molecule has 1 amide bonds. The Hall–Kier alpha value is -2.70. The van der Waals surface area contributed by atoms with E-state index in [2.05, 4.69) is 11.2 Å². The summed E-state index contributed by atoms with van der Waals surface area (Å²) >= 11 is 0. The summed E-state index contributed by atoms with van der Waals surface area (Å²) in [7, 11) is 1.64. The number of amides is 1. The van der Waals surface area contributed by atoms with Crippen molar-refractivity contribution >= 4 is 6.09 Å². The Kier molecular flexibility index (Phi) is 5.30. The van der Waals surface area contributed by atoms with Crippen LogP contribution in [0.15, 0.2) is 35.1 Å². The topological polar surface area (TPSA) is 76.6 Å². The van der Waals surface area contributed by atoms with Gasteiger partial charge in [0.05, 0.1) is 18.8 Å². The number of para-hydroxylation sites is 1. The summed E-state index contributed by atoms with van der Waals surface area (Å²) in [6, 6.07) is 9.49. The number of fused-ring (bicyclic) bond motifs is 1. The van der Waals surface area contributed by atoms with Gasteiger partial charge in [-0.25, -0.2) is 9.48 Å². The number of benzene rings is 1. The second-order valence-corrected chi connectivity index (χ2v) is 7.95. The lowest BCUT2D eigenvalue weighted by Crippen LogP contribution is -2.34. The minimum Gasteiger partial charge on any atom is -0.488 e. The molecule has 1 aromatic heterocycles. The molecule has 0 aliphatic carbocycles. The zero-order valence-corrected chi connectivity index (χ0v) is 16.3. The Morgan fingerprint density at radius 1 is 1.37 bits per heavy atom. The highest BCUT2D eigenvalue weighted by Crippen LogP contribution is 2.27. The van der Waals surface area contributed by atoms with Gasteiger partial charge < -0.3 is 14.4 Å². The highest BCUT2D eigenvalue weighted by molar-refractivity contribution is 5.67. The Bertz CT molecular complexity index is 863. The highest BCUT2D eigenvalue weighted by atomic mass is 16.6. The van der Waals surface area contributed by atoms with Crippen LogP contribution in [0.25, 0.3) is 0 Å². The second kappa shape index (κ2) is 7.50. The predicted octanol–water partition coefficient (Wildman–Crippen LogP) is 2.94. The number of carbonyl (C=O) groups is 1. The summed E-state index contributed by atoms with van der Waals surface area (Å²) in [5.74, 6) is 0.887. The van der Waals surface area contributed by atoms with Crippen molar-refractivity contribution in [1.29, 1.82) is 0 Å². The van der Waals surface area contributed by atoms with Crippen LogP contribution in [0.4, 0.5) is 4.79 Å². The maximum absolute atomic E-state index is 12.3. The van der Waals surface area contributed by atoms with Gasteiger partial charge in [0.1, 0.15) is 17.5 Å². The molecule has 0 bridgehead atoms. The van der Waals surface area contributed by atoms with Crippen LogP contribution in [0, 0.1) is 0 Å². The molecule has 0 radical (unpaired) electrons. The van der Waals surface area contributed by atoms with Crippen molar-refractivity contribution in [3.8, 4) is 5.75 Å². The average molecular weight is 373 g/mol. The smallest absolute Gasteiger partial charge is 0.410 e. The first-order valence-corrected chi connectivity index (χ1v) is 9.19. The molecule has 3 rings (SSSR count). The zero-order chi connectivity index (χ0) is 19.6. The molecule has 2 heterocycles. The minimum absolute atomic E-state index is 0.0623. The molecule has 1 atom stereocenters. The first-order valence-electron chi connectivity index (χ1n) is 9.19. The summed E-state index contributed by atoms with van der Waals surface area (Å²) in [5, 5.41) is 3.08. The summed E-state index contributed by atoms with van der Waals surface area (Å²) in [6.45, 7) is 6.17. The summed E-state index contributed by atoms with van der Waals surface area (Å²) in [4.78, 5) is 25.8. The van der Waals surface area contributed by atoms with Crippen LogP contribution < -0.4 is 10.3 Å². The van der Waals surface area contributed by atoms with Gasteiger partial charge in [0.15, 0.2) is 0 Å². The van der Waals surface area contributed by atoms with Crippen LogP contribution >= 0.6 is 0 Å². The van der Waals surface area contributed by atoms with Crippen LogP contribution in [-0.2, 0) is 24.2 Å². The quantitative estimate of drug-likeness (QED) is 0.894. The number of nitrogens with zero attached hydrogens (tertiary/aromatic N) is 2. The van der Waals surface area contributed by atoms with Crippen molar-refractivity contribution in [2.45, 2.75) is 58.4 Å². The van der Waals surface area contributed by atoms with Crippen molar-refractivity contribution in [2.24, 2.45) is 0 Å². The first kappa shape index (κ1) is 19.1. The van der Waals surface area contributed by atoms with E-state index in [1.807, 2.05) is 39.0 Å². The number of aryl methyl sites for hydroxylation is 1. The van der Waals surface area contributed by atoms with E-state index in [4.69, 9.17) is 9.47 Å². The molecule has 146 valence electrons. The van der Waals surface area contributed by atoms with Gasteiger partial charge in [-0.2, -0.15) is 0 Å². The number of H-pyrrole nitrogens is 1. The Balaban J connectivity index is 1.62. The van der Waals surface area contributed by atoms with Gasteiger partial charge in [-0.15, -0.1) is 0 Å². The Labute approximate surface area is 158 Å². The molecule has 1 N–H and O–H groups in total. The Morgan fingerprint density at radius 2 is 2.11 bits per heavy atom. The first-order chi connectivity index (χ1) is 12.7. The van der Waals surface area contributed by atoms with E-state index in [0.29, 0.717) is 12.2 Å². The van der Waals surface area contributed by atoms with Crippen molar-refractivity contribution in [3.63, 3.8) is 0 Å². The normalized spacial score (nSPS) is 16.4. The summed E-state index contributed by atoms with van der Waals surface area (Å²) in [6.07, 6.45) is 1.30. The number of aromatic nitrogens is 2. The fraction of sp³-hybridized carbons (Fsp3) is 0.500. The molecule has 1 aliphatic rings. The van der Waals surface area contributed by atoms with Gasteiger partial charge in [0, 0.05) is 13.1 Å². The lowest BCUT2D eigenvalue weighted by molar-refractivity contribution is 0.0282. The fourth-order valence-corrected chi connectivity index (χ4v) is 3.08. The molecule has 1 aromatic carbocycles. The molecular weight excluding hydrogens is 346 g/mol. The van der Waals surface area contributed by atoms with E-state index in [0.717, 1.165) is 18.6 Å². The van der Waals surface area contributed by atoms with E-state index in [1.165, 1.54) is 21.2 Å². The predicted molar refractivity (Wildman–Crippen MR) is 102 cm³/mol. The number of ether oxygens (including phenoxy) is 2. The molecule has 2 aromatic rings. The molecular formula is C20H27N3O4. The van der Waals surface area contributed by atoms with Gasteiger partial charge in [-0.3, -0.25) is 9.89 Å². The molecule has 27 heavy (non-hydrogen) atoms. The van der Waals surface area contributed by atoms with Crippen LogP contribution in [0.1, 0.15) is 38.4 Å². The molecule has 0 saturated carbocycles. The zero-order valence-electron chi connectivity index (χ0n) is 16.3. The molecule has 1 unspecified atom stereocenters. The lowest BCUT2D eigenvalue weighted by atomic mass is 10.0. The Morgan fingerprint density at radius 3 is 2.85 bits per heavy atom.